The van der Waals surface area contributed by atoms with Gasteiger partial charge in [-0.1, -0.05) is 293 Å². The van der Waals surface area contributed by atoms with Crippen LogP contribution in [0.1, 0.15) is 276 Å². The Kier molecular flexibility index (Phi) is 35.8. The molecule has 3 N–H and O–H groups in total. The van der Waals surface area contributed by atoms with Crippen molar-refractivity contribution in [3.8, 4) is 18.1 Å². The van der Waals surface area contributed by atoms with Crippen LogP contribution in [-0.2, 0) is 39.3 Å². The third-order valence-corrected chi connectivity index (χ3v) is 18.1. The minimum Gasteiger partial charge on any atom is -0.465 e. The van der Waals surface area contributed by atoms with Crippen LogP contribution in [0.25, 0.3) is 11.2 Å². The molecule has 2 aromatic carbocycles. The van der Waals surface area contributed by atoms with Gasteiger partial charge in [-0.05, 0) is 37.0 Å². The number of nitrogen functional groups attached to an aromatic ring is 1. The lowest BCUT2D eigenvalue weighted by Crippen LogP contribution is -2.46. The van der Waals surface area contributed by atoms with E-state index in [0.717, 1.165) is 44.1 Å². The molecule has 16 heteroatoms. The van der Waals surface area contributed by atoms with Gasteiger partial charge in [-0.3, -0.25) is 18.7 Å². The number of hydrogen-bond acceptors (Lipinski definition) is 12. The lowest BCUT2D eigenvalue weighted by Gasteiger charge is -2.31. The zero-order valence-electron chi connectivity index (χ0n) is 52.3. The molecule has 1 aliphatic heterocycles. The second-order valence-corrected chi connectivity index (χ2v) is 25.6. The number of benzene rings is 2. The first-order valence-electron chi connectivity index (χ1n) is 33.6. The molecule has 0 spiro atoms. The maximum atomic E-state index is 15.4. The largest absolute Gasteiger partial charge is 0.465 e. The summed E-state index contributed by atoms with van der Waals surface area (Å²) in [5, 5.41) is 2.93. The summed E-state index contributed by atoms with van der Waals surface area (Å²) < 4.78 is 62.6. The van der Waals surface area contributed by atoms with Crippen LogP contribution in [-0.4, -0.2) is 62.4 Å². The van der Waals surface area contributed by atoms with Crippen molar-refractivity contribution in [1.29, 1.82) is 0 Å². The molecule has 474 valence electrons. The minimum atomic E-state index is -4.59. The monoisotopic (exact) mass is 1200 g/mol. The topological polar surface area (TPSA) is 179 Å². The van der Waals surface area contributed by atoms with Crippen molar-refractivity contribution in [3.63, 3.8) is 0 Å². The van der Waals surface area contributed by atoms with Crippen LogP contribution in [0.3, 0.4) is 0 Å². The first kappa shape index (κ1) is 70.9. The molecule has 1 fully saturated rings. The maximum absolute atomic E-state index is 15.4. The highest BCUT2D eigenvalue weighted by Gasteiger charge is 2.53. The Morgan fingerprint density at radius 2 is 1.15 bits per heavy atom. The first-order chi connectivity index (χ1) is 41.6. The van der Waals surface area contributed by atoms with Crippen molar-refractivity contribution < 1.29 is 41.8 Å². The van der Waals surface area contributed by atoms with E-state index in [1.165, 1.54) is 197 Å². The van der Waals surface area contributed by atoms with Gasteiger partial charge in [0, 0.05) is 12.8 Å². The van der Waals surface area contributed by atoms with E-state index in [2.05, 4.69) is 39.8 Å². The molecule has 3 heterocycles. The molecule has 85 heavy (non-hydrogen) atoms. The predicted octanol–water partition coefficient (Wildman–Crippen LogP) is 18.6. The highest BCUT2D eigenvalue weighted by Crippen LogP contribution is 2.49. The molecular formula is C69H108FN6O8P. The average molecular weight is 1200 g/mol. The summed E-state index contributed by atoms with van der Waals surface area (Å²) in [7, 11) is -4.59. The number of imidazole rings is 1. The van der Waals surface area contributed by atoms with Crippen LogP contribution in [0.15, 0.2) is 67.0 Å². The zero-order chi connectivity index (χ0) is 60.5. The molecule has 0 saturated carbocycles. The highest BCUT2D eigenvalue weighted by molar-refractivity contribution is 7.52. The summed E-state index contributed by atoms with van der Waals surface area (Å²) in [5.41, 5.74) is 5.11. The second-order valence-electron chi connectivity index (χ2n) is 23.9. The minimum absolute atomic E-state index is 0.0327. The number of carbonyl (C=O) groups excluding carboxylic acids is 2. The number of nitrogens with zero attached hydrogens (tertiary/aromatic N) is 4. The molecular weight excluding hydrogens is 1090 g/mol. The summed E-state index contributed by atoms with van der Waals surface area (Å²) in [6, 6.07) is 16.6. The number of nitrogens with two attached hydrogens (primary N) is 1. The van der Waals surface area contributed by atoms with Crippen LogP contribution in [0.5, 0.6) is 5.75 Å². The Morgan fingerprint density at radius 3 is 1.64 bits per heavy atom. The molecule has 0 bridgehead atoms. The van der Waals surface area contributed by atoms with Gasteiger partial charge < -0.3 is 24.5 Å². The van der Waals surface area contributed by atoms with Crippen LogP contribution in [0.4, 0.5) is 10.2 Å². The Balaban J connectivity index is 1.14. The van der Waals surface area contributed by atoms with Crippen LogP contribution < -0.4 is 15.3 Å². The number of fused-ring (bicyclic) bond motifs is 1. The number of ether oxygens (including phenoxy) is 3. The average Bonchev–Trinajstić information content (AvgIpc) is 4.29. The Labute approximate surface area is 511 Å². The van der Waals surface area contributed by atoms with Crippen LogP contribution >= 0.6 is 7.75 Å². The van der Waals surface area contributed by atoms with Crippen LogP contribution in [0, 0.1) is 18.4 Å². The molecule has 4 aromatic rings. The molecule has 1 aliphatic rings. The SMILES string of the molecule is C#CC1(COP(=O)(N[C@@H](Cc2ccccc2)C(=O)OCCCCCCCCCCCCCCCCCCCCCC)Oc2ccccc2)OC(n2cnc3c(N)nc(F)nc32)CC1OC(=O)CCCCCCCCCCCCCCCCCCC. The number of halogens is 1. The molecule has 1 saturated heterocycles. The Morgan fingerprint density at radius 1 is 0.694 bits per heavy atom. The molecule has 2 aromatic heterocycles. The number of terminal acetylenes is 1. The molecule has 0 amide bonds. The van der Waals surface area contributed by atoms with Crippen molar-refractivity contribution in [3.05, 3.63) is 78.6 Å². The van der Waals surface area contributed by atoms with E-state index in [-0.39, 0.29) is 48.6 Å². The number of nitrogens with one attached hydrogen (secondary N) is 1. The number of aromatic nitrogens is 4. The Hall–Kier alpha value is -4.87. The van der Waals surface area contributed by atoms with E-state index in [4.69, 9.17) is 35.4 Å². The summed E-state index contributed by atoms with van der Waals surface area (Å²) in [6.07, 6.45) is 50.8. The van der Waals surface area contributed by atoms with Crippen molar-refractivity contribution in [2.45, 2.75) is 295 Å². The first-order valence-corrected chi connectivity index (χ1v) is 35.1. The normalized spacial score (nSPS) is 17.0. The summed E-state index contributed by atoms with van der Waals surface area (Å²) in [5.74, 6) is 1.58. The summed E-state index contributed by atoms with van der Waals surface area (Å²) in [6.45, 7) is 4.11. The number of carbonyl (C=O) groups is 2. The molecule has 0 radical (unpaired) electrons. The van der Waals surface area contributed by atoms with Gasteiger partial charge in [0.05, 0.1) is 12.9 Å². The molecule has 4 unspecified atom stereocenters. The third-order valence-electron chi connectivity index (χ3n) is 16.6. The highest BCUT2D eigenvalue weighted by atomic mass is 31.2. The number of hydrogen-bond donors (Lipinski definition) is 2. The Bertz CT molecular complexity index is 2500. The van der Waals surface area contributed by atoms with Gasteiger partial charge in [0.15, 0.2) is 22.6 Å². The number of esters is 2. The van der Waals surface area contributed by atoms with Gasteiger partial charge in [-0.2, -0.15) is 19.4 Å². The zero-order valence-corrected chi connectivity index (χ0v) is 53.2. The molecule has 5 atom stereocenters. The third kappa shape index (κ3) is 28.2. The molecule has 0 aliphatic carbocycles. The fraction of sp³-hybridized carbons (Fsp3) is 0.696. The van der Waals surface area contributed by atoms with E-state index < -0.39 is 56.3 Å². The van der Waals surface area contributed by atoms with Gasteiger partial charge in [-0.25, -0.2) is 9.55 Å². The number of anilines is 1. The van der Waals surface area contributed by atoms with E-state index in [1.54, 1.807) is 30.3 Å². The van der Waals surface area contributed by atoms with E-state index in [0.29, 0.717) is 12.8 Å². The van der Waals surface area contributed by atoms with Crippen molar-refractivity contribution in [2.24, 2.45) is 0 Å². The van der Waals surface area contributed by atoms with Gasteiger partial charge in [0.25, 0.3) is 0 Å². The van der Waals surface area contributed by atoms with Gasteiger partial charge >= 0.3 is 25.8 Å². The van der Waals surface area contributed by atoms with Crippen molar-refractivity contribution >= 4 is 36.7 Å². The van der Waals surface area contributed by atoms with Gasteiger partial charge in [0.1, 0.15) is 30.7 Å². The van der Waals surface area contributed by atoms with Crippen LogP contribution in [0.2, 0.25) is 0 Å². The fourth-order valence-corrected chi connectivity index (χ4v) is 12.9. The molecule has 5 rings (SSSR count). The van der Waals surface area contributed by atoms with E-state index in [1.807, 2.05) is 30.3 Å². The fourth-order valence-electron chi connectivity index (χ4n) is 11.4. The second kappa shape index (κ2) is 42.9. The van der Waals surface area contributed by atoms with Crippen molar-refractivity contribution in [2.75, 3.05) is 18.9 Å². The smallest absolute Gasteiger partial charge is 0.459 e. The number of para-hydroxylation sites is 1. The van der Waals surface area contributed by atoms with Gasteiger partial charge in [0.2, 0.25) is 0 Å². The van der Waals surface area contributed by atoms with E-state index in [9.17, 15) is 14.0 Å². The van der Waals surface area contributed by atoms with Crippen molar-refractivity contribution in [1.82, 2.24) is 24.6 Å². The standard InChI is InChI=1S/C69H108FN6O8P/c1-4-7-9-11-13-15-17-19-21-23-24-25-27-29-31-33-35-37-39-47-53-80-67(78)60(54-58-48-42-40-43-49-58)75-85(79,84-59-50-44-41-45-51-59)81-56-69(6-3)61(55-62(83-69)76-57-72-64-65(71)73-68(70)74-66(64)76)82-63(77)52-46-38-36-34-32-30-28-26-22-20-18-16-14-12-10-8-5-2/h3,40-45,48-51,57,60-62H,4-5,7-39,46-47,52-56H2,1-2H3,(H,75,79)(H2,71,73,74)/t60-,61?,62?,69?,85?/m0/s1. The maximum Gasteiger partial charge on any atom is 0.459 e. The number of unbranched alkanes of at least 4 members (excludes halogenated alkanes) is 35. The van der Waals surface area contributed by atoms with Gasteiger partial charge in [-0.15, -0.1) is 6.42 Å². The van der Waals surface area contributed by atoms with E-state index >= 15 is 4.57 Å². The summed E-state index contributed by atoms with van der Waals surface area (Å²) in [4.78, 5) is 39.8. The quantitative estimate of drug-likeness (QED) is 0.0140. The summed E-state index contributed by atoms with van der Waals surface area (Å²) >= 11 is 0. The number of rotatable bonds is 51. The lowest BCUT2D eigenvalue weighted by molar-refractivity contribution is -0.158. The predicted molar refractivity (Wildman–Crippen MR) is 341 cm³/mol. The lowest BCUT2D eigenvalue weighted by atomic mass is 9.98. The molecule has 14 nitrogen and oxygen atoms in total.